The summed E-state index contributed by atoms with van der Waals surface area (Å²) in [7, 11) is 1.48. The molecule has 0 bridgehead atoms. The van der Waals surface area contributed by atoms with E-state index < -0.39 is 5.91 Å². The van der Waals surface area contributed by atoms with E-state index in [0.29, 0.717) is 24.2 Å². The molecule has 23 heavy (non-hydrogen) atoms. The highest BCUT2D eigenvalue weighted by Crippen LogP contribution is 2.22. The van der Waals surface area contributed by atoms with Crippen molar-refractivity contribution in [3.05, 3.63) is 64.1 Å². The zero-order valence-corrected chi connectivity index (χ0v) is 14.2. The molecule has 2 aromatic rings. The predicted molar refractivity (Wildman–Crippen MR) is 91.1 cm³/mol. The van der Waals surface area contributed by atoms with Crippen LogP contribution in [0, 0.1) is 0 Å². The van der Waals surface area contributed by atoms with Crippen LogP contribution in [0.5, 0.6) is 5.75 Å². The van der Waals surface area contributed by atoms with E-state index in [1.807, 2.05) is 30.3 Å². The Morgan fingerprint density at radius 2 is 1.83 bits per heavy atom. The molecule has 0 aromatic heterocycles. The Balaban J connectivity index is 1.86. The minimum absolute atomic E-state index is 0.254. The summed E-state index contributed by atoms with van der Waals surface area (Å²) in [6, 6.07) is 14.8. The molecule has 0 radical (unpaired) electrons. The van der Waals surface area contributed by atoms with E-state index in [2.05, 4.69) is 26.8 Å². The Bertz CT molecular complexity index is 689. The number of halogens is 1. The summed E-state index contributed by atoms with van der Waals surface area (Å²) in [6.45, 7) is 0. The van der Waals surface area contributed by atoms with E-state index in [0.717, 1.165) is 10.0 Å². The zero-order chi connectivity index (χ0) is 16.7. The number of benzene rings is 2. The van der Waals surface area contributed by atoms with Crippen LogP contribution in [0.3, 0.4) is 0 Å². The van der Waals surface area contributed by atoms with Crippen molar-refractivity contribution >= 4 is 27.7 Å². The van der Waals surface area contributed by atoms with Gasteiger partial charge in [0.15, 0.2) is 0 Å². The van der Waals surface area contributed by atoms with Gasteiger partial charge in [-0.15, -0.1) is 0 Å². The van der Waals surface area contributed by atoms with E-state index in [9.17, 15) is 9.59 Å². The normalized spacial score (nSPS) is 10.0. The molecule has 0 heterocycles. The molecule has 0 unspecified atom stereocenters. The van der Waals surface area contributed by atoms with E-state index in [4.69, 9.17) is 4.74 Å². The summed E-state index contributed by atoms with van der Waals surface area (Å²) in [5, 5.41) is 0. The van der Waals surface area contributed by atoms with Gasteiger partial charge in [0.25, 0.3) is 5.91 Å². The van der Waals surface area contributed by atoms with Crippen LogP contribution in [0.25, 0.3) is 0 Å². The van der Waals surface area contributed by atoms with E-state index in [1.165, 1.54) is 7.11 Å². The highest BCUT2D eigenvalue weighted by Gasteiger charge is 2.13. The average Bonchev–Trinajstić information content (AvgIpc) is 2.58. The molecule has 6 heteroatoms. The van der Waals surface area contributed by atoms with Crippen molar-refractivity contribution in [1.29, 1.82) is 0 Å². The first kappa shape index (κ1) is 17.0. The Kier molecular flexibility index (Phi) is 6.17. The molecular formula is C17H17BrN2O3. The quantitative estimate of drug-likeness (QED) is 0.788. The van der Waals surface area contributed by atoms with Gasteiger partial charge in [-0.3, -0.25) is 20.4 Å². The number of hydrazine groups is 1. The number of nitrogens with one attached hydrogen (secondary N) is 2. The maximum Gasteiger partial charge on any atom is 0.273 e. The molecule has 0 saturated heterocycles. The molecule has 0 aliphatic carbocycles. The van der Waals surface area contributed by atoms with Gasteiger partial charge < -0.3 is 4.74 Å². The van der Waals surface area contributed by atoms with Crippen molar-refractivity contribution < 1.29 is 14.3 Å². The van der Waals surface area contributed by atoms with Crippen LogP contribution in [-0.4, -0.2) is 18.9 Å². The first-order chi connectivity index (χ1) is 11.1. The van der Waals surface area contributed by atoms with Crippen molar-refractivity contribution in [2.45, 2.75) is 12.8 Å². The number of ether oxygens (including phenoxy) is 1. The van der Waals surface area contributed by atoms with E-state index in [1.54, 1.807) is 18.2 Å². The van der Waals surface area contributed by atoms with Crippen molar-refractivity contribution in [2.24, 2.45) is 0 Å². The Morgan fingerprint density at radius 3 is 2.52 bits per heavy atom. The number of methoxy groups -OCH3 is 1. The third kappa shape index (κ3) is 5.10. The fourth-order valence-electron chi connectivity index (χ4n) is 2.02. The van der Waals surface area contributed by atoms with Crippen LogP contribution in [0.15, 0.2) is 53.0 Å². The molecule has 0 saturated carbocycles. The number of carbonyl (C=O) groups excluding carboxylic acids is 2. The number of amides is 2. The van der Waals surface area contributed by atoms with Crippen molar-refractivity contribution in [3.63, 3.8) is 0 Å². The first-order valence-electron chi connectivity index (χ1n) is 7.07. The Morgan fingerprint density at radius 1 is 1.09 bits per heavy atom. The van der Waals surface area contributed by atoms with Gasteiger partial charge in [-0.25, -0.2) is 0 Å². The summed E-state index contributed by atoms with van der Waals surface area (Å²) in [5.41, 5.74) is 6.22. The molecule has 0 atom stereocenters. The average molecular weight is 377 g/mol. The third-order valence-corrected chi connectivity index (χ3v) is 3.70. The second-order valence-electron chi connectivity index (χ2n) is 4.83. The fourth-order valence-corrected chi connectivity index (χ4v) is 2.38. The Labute approximate surface area is 143 Å². The largest absolute Gasteiger partial charge is 0.496 e. The highest BCUT2D eigenvalue weighted by molar-refractivity contribution is 9.10. The monoisotopic (exact) mass is 376 g/mol. The molecule has 2 aromatic carbocycles. The summed E-state index contributed by atoms with van der Waals surface area (Å²) in [6.07, 6.45) is 0.905. The number of hydrogen-bond acceptors (Lipinski definition) is 3. The number of rotatable bonds is 5. The van der Waals surface area contributed by atoms with Gasteiger partial charge in [-0.05, 0) is 30.2 Å². The smallest absolute Gasteiger partial charge is 0.273 e. The Hall–Kier alpha value is -2.34. The molecule has 2 rings (SSSR count). The maximum absolute atomic E-state index is 12.1. The van der Waals surface area contributed by atoms with Crippen LogP contribution in [0.2, 0.25) is 0 Å². The van der Waals surface area contributed by atoms with E-state index in [-0.39, 0.29) is 5.91 Å². The molecular weight excluding hydrogens is 360 g/mol. The fraction of sp³-hybridized carbons (Fsp3) is 0.176. The lowest BCUT2D eigenvalue weighted by Gasteiger charge is -2.10. The summed E-state index contributed by atoms with van der Waals surface area (Å²) in [5.74, 6) is -0.253. The van der Waals surface area contributed by atoms with Gasteiger partial charge in [0.2, 0.25) is 5.91 Å². The van der Waals surface area contributed by atoms with Crippen LogP contribution in [0.1, 0.15) is 22.3 Å². The van der Waals surface area contributed by atoms with Crippen LogP contribution >= 0.6 is 15.9 Å². The molecule has 0 fully saturated rings. The van der Waals surface area contributed by atoms with Crippen LogP contribution < -0.4 is 15.6 Å². The van der Waals surface area contributed by atoms with Crippen molar-refractivity contribution in [1.82, 2.24) is 10.9 Å². The van der Waals surface area contributed by atoms with Gasteiger partial charge in [-0.2, -0.15) is 0 Å². The lowest BCUT2D eigenvalue weighted by atomic mass is 10.1. The topological polar surface area (TPSA) is 67.4 Å². The van der Waals surface area contributed by atoms with Crippen LogP contribution in [0.4, 0.5) is 0 Å². The van der Waals surface area contributed by atoms with Crippen molar-refractivity contribution in [2.75, 3.05) is 7.11 Å². The number of hydrogen-bond donors (Lipinski definition) is 2. The first-order valence-corrected chi connectivity index (χ1v) is 7.86. The van der Waals surface area contributed by atoms with Crippen molar-refractivity contribution in [3.8, 4) is 5.75 Å². The lowest BCUT2D eigenvalue weighted by Crippen LogP contribution is -2.41. The number of aryl methyl sites for hydroxylation is 1. The molecule has 0 spiro atoms. The molecule has 5 nitrogen and oxygen atoms in total. The summed E-state index contributed by atoms with van der Waals surface area (Å²) < 4.78 is 5.89. The molecule has 120 valence electrons. The standard InChI is InChI=1S/C17H17BrN2O3/c1-23-15-9-8-13(18)11-14(15)17(22)20-19-16(21)10-7-12-5-3-2-4-6-12/h2-6,8-9,11H,7,10H2,1H3,(H,19,21)(H,20,22). The molecule has 2 N–H and O–H groups in total. The minimum Gasteiger partial charge on any atom is -0.496 e. The van der Waals surface area contributed by atoms with Crippen LogP contribution in [-0.2, 0) is 11.2 Å². The second-order valence-corrected chi connectivity index (χ2v) is 5.75. The molecule has 0 aliphatic heterocycles. The van der Waals surface area contributed by atoms with E-state index >= 15 is 0 Å². The number of carbonyl (C=O) groups is 2. The second kappa shape index (κ2) is 8.33. The van der Waals surface area contributed by atoms with Gasteiger partial charge in [0.1, 0.15) is 5.75 Å². The van der Waals surface area contributed by atoms with Gasteiger partial charge in [0, 0.05) is 10.9 Å². The highest BCUT2D eigenvalue weighted by atomic mass is 79.9. The third-order valence-electron chi connectivity index (χ3n) is 3.21. The van der Waals surface area contributed by atoms with Gasteiger partial charge in [-0.1, -0.05) is 46.3 Å². The lowest BCUT2D eigenvalue weighted by molar-refractivity contribution is -0.121. The maximum atomic E-state index is 12.1. The summed E-state index contributed by atoms with van der Waals surface area (Å²) >= 11 is 3.30. The minimum atomic E-state index is -0.434. The van der Waals surface area contributed by atoms with Gasteiger partial charge >= 0.3 is 0 Å². The predicted octanol–water partition coefficient (Wildman–Crippen LogP) is 2.85. The molecule has 0 aliphatic rings. The zero-order valence-electron chi connectivity index (χ0n) is 12.6. The van der Waals surface area contributed by atoms with Gasteiger partial charge in [0.05, 0.1) is 12.7 Å². The molecule has 2 amide bonds. The summed E-state index contributed by atoms with van der Waals surface area (Å²) in [4.78, 5) is 23.9. The SMILES string of the molecule is COc1ccc(Br)cc1C(=O)NNC(=O)CCc1ccccc1.